The van der Waals surface area contributed by atoms with Crippen LogP contribution in [0, 0.1) is 12.8 Å². The van der Waals surface area contributed by atoms with E-state index in [0.717, 1.165) is 41.5 Å². The lowest BCUT2D eigenvalue weighted by molar-refractivity contribution is 0.247. The Morgan fingerprint density at radius 1 is 1.53 bits per heavy atom. The molecule has 0 bridgehead atoms. The van der Waals surface area contributed by atoms with Crippen molar-refractivity contribution in [2.45, 2.75) is 26.2 Å². The summed E-state index contributed by atoms with van der Waals surface area (Å²) in [6.45, 7) is 5.05. The molecule has 1 aliphatic rings. The van der Waals surface area contributed by atoms with Crippen LogP contribution in [-0.4, -0.2) is 24.7 Å². The number of pyridine rings is 1. The molecule has 3 nitrogen and oxygen atoms in total. The fourth-order valence-corrected chi connectivity index (χ4v) is 2.32. The van der Waals surface area contributed by atoms with E-state index in [1.54, 1.807) is 0 Å². The Labute approximate surface area is 111 Å². The molecule has 0 radical (unpaired) electrons. The third-order valence-electron chi connectivity index (χ3n) is 3.17. The van der Waals surface area contributed by atoms with Crippen molar-refractivity contribution in [1.82, 2.24) is 10.3 Å². The molecule has 0 saturated carbocycles. The second kappa shape index (κ2) is 6.36. The van der Waals surface area contributed by atoms with Crippen LogP contribution >= 0.6 is 15.9 Å². The summed E-state index contributed by atoms with van der Waals surface area (Å²) in [6.07, 6.45) is 3.73. The lowest BCUT2D eigenvalue weighted by atomic mass is 9.97. The molecule has 1 atom stereocenters. The van der Waals surface area contributed by atoms with Crippen LogP contribution in [0.3, 0.4) is 0 Å². The summed E-state index contributed by atoms with van der Waals surface area (Å²) in [5.74, 6) is 1.50. The molecule has 1 unspecified atom stereocenters. The van der Waals surface area contributed by atoms with Crippen LogP contribution in [0.4, 0.5) is 0 Å². The molecule has 2 rings (SSSR count). The van der Waals surface area contributed by atoms with E-state index in [4.69, 9.17) is 4.74 Å². The molecule has 17 heavy (non-hydrogen) atoms. The van der Waals surface area contributed by atoms with Crippen LogP contribution in [0.2, 0.25) is 0 Å². The quantitative estimate of drug-likeness (QED) is 0.928. The maximum absolute atomic E-state index is 5.68. The number of ether oxygens (including phenoxy) is 1. The van der Waals surface area contributed by atoms with Crippen LogP contribution in [0.1, 0.15) is 25.0 Å². The van der Waals surface area contributed by atoms with E-state index in [1.165, 1.54) is 19.4 Å². The molecule has 1 saturated heterocycles. The summed E-state index contributed by atoms with van der Waals surface area (Å²) in [7, 11) is 0. The van der Waals surface area contributed by atoms with Gasteiger partial charge in [-0.3, -0.25) is 0 Å². The molecular weight excluding hydrogens is 280 g/mol. The van der Waals surface area contributed by atoms with Crippen LogP contribution < -0.4 is 10.1 Å². The third kappa shape index (κ3) is 3.96. The maximum atomic E-state index is 5.68. The SMILES string of the molecule is Cc1nc(OCCC2CCCNC2)ccc1Br. The third-order valence-corrected chi connectivity index (χ3v) is 4.01. The first-order valence-corrected chi connectivity index (χ1v) is 7.01. The van der Waals surface area contributed by atoms with Gasteiger partial charge >= 0.3 is 0 Å². The van der Waals surface area contributed by atoms with Gasteiger partial charge in [-0.1, -0.05) is 0 Å². The molecule has 1 fully saturated rings. The lowest BCUT2D eigenvalue weighted by Gasteiger charge is -2.22. The van der Waals surface area contributed by atoms with E-state index in [1.807, 2.05) is 19.1 Å². The Morgan fingerprint density at radius 2 is 2.41 bits per heavy atom. The molecule has 0 aromatic carbocycles. The second-order valence-electron chi connectivity index (χ2n) is 4.57. The smallest absolute Gasteiger partial charge is 0.213 e. The largest absolute Gasteiger partial charge is 0.478 e. The van der Waals surface area contributed by atoms with Crippen LogP contribution in [0.15, 0.2) is 16.6 Å². The van der Waals surface area contributed by atoms with E-state index in [9.17, 15) is 0 Å². The number of aromatic nitrogens is 1. The zero-order chi connectivity index (χ0) is 12.1. The maximum Gasteiger partial charge on any atom is 0.213 e. The van der Waals surface area contributed by atoms with Crippen LogP contribution in [0.25, 0.3) is 0 Å². The summed E-state index contributed by atoms with van der Waals surface area (Å²) >= 11 is 3.43. The summed E-state index contributed by atoms with van der Waals surface area (Å²) in [5.41, 5.74) is 0.974. The number of piperidine rings is 1. The zero-order valence-electron chi connectivity index (χ0n) is 10.2. The van der Waals surface area contributed by atoms with Crippen LogP contribution in [-0.2, 0) is 0 Å². The fourth-order valence-electron chi connectivity index (χ4n) is 2.10. The van der Waals surface area contributed by atoms with Gasteiger partial charge in [0.1, 0.15) is 0 Å². The van der Waals surface area contributed by atoms with Gasteiger partial charge in [-0.2, -0.15) is 0 Å². The standard InChI is InChI=1S/C13H19BrN2O/c1-10-12(14)4-5-13(16-10)17-8-6-11-3-2-7-15-9-11/h4-5,11,15H,2-3,6-9H2,1H3. The van der Waals surface area contributed by atoms with Gasteiger partial charge in [-0.25, -0.2) is 4.98 Å². The molecule has 0 aliphatic carbocycles. The van der Waals surface area contributed by atoms with E-state index < -0.39 is 0 Å². The Bertz CT molecular complexity index is 364. The molecule has 4 heteroatoms. The van der Waals surface area contributed by atoms with Crippen molar-refractivity contribution in [2.24, 2.45) is 5.92 Å². The molecule has 2 heterocycles. The predicted molar refractivity (Wildman–Crippen MR) is 72.4 cm³/mol. The van der Waals surface area contributed by atoms with E-state index in [0.29, 0.717) is 0 Å². The monoisotopic (exact) mass is 298 g/mol. The van der Waals surface area contributed by atoms with Gasteiger partial charge in [-0.05, 0) is 67.2 Å². The second-order valence-corrected chi connectivity index (χ2v) is 5.42. The van der Waals surface area contributed by atoms with E-state index >= 15 is 0 Å². The van der Waals surface area contributed by atoms with Gasteiger partial charge in [0.2, 0.25) is 5.88 Å². The Balaban J connectivity index is 1.75. The number of rotatable bonds is 4. The molecule has 1 N–H and O–H groups in total. The highest BCUT2D eigenvalue weighted by molar-refractivity contribution is 9.10. The number of halogens is 1. The van der Waals surface area contributed by atoms with Crippen LogP contribution in [0.5, 0.6) is 5.88 Å². The van der Waals surface area contributed by atoms with Gasteiger partial charge in [-0.15, -0.1) is 0 Å². The molecule has 1 aliphatic heterocycles. The minimum atomic E-state index is 0.731. The van der Waals surface area contributed by atoms with E-state index in [2.05, 4.69) is 26.2 Å². The number of aryl methyl sites for hydroxylation is 1. The van der Waals surface area contributed by atoms with Gasteiger partial charge in [0.25, 0.3) is 0 Å². The van der Waals surface area contributed by atoms with Crippen molar-refractivity contribution in [3.05, 3.63) is 22.3 Å². The summed E-state index contributed by atoms with van der Waals surface area (Å²) in [6, 6.07) is 3.90. The van der Waals surface area contributed by atoms with Crippen molar-refractivity contribution in [3.63, 3.8) is 0 Å². The molecule has 0 spiro atoms. The summed E-state index contributed by atoms with van der Waals surface area (Å²) < 4.78 is 6.71. The summed E-state index contributed by atoms with van der Waals surface area (Å²) in [5, 5.41) is 3.42. The first-order chi connectivity index (χ1) is 8.25. The van der Waals surface area contributed by atoms with Crippen molar-refractivity contribution in [2.75, 3.05) is 19.7 Å². The first-order valence-electron chi connectivity index (χ1n) is 6.22. The molecule has 94 valence electrons. The summed E-state index contributed by atoms with van der Waals surface area (Å²) in [4.78, 5) is 4.37. The highest BCUT2D eigenvalue weighted by Crippen LogP contribution is 2.19. The van der Waals surface area contributed by atoms with Gasteiger partial charge in [0.15, 0.2) is 0 Å². The fraction of sp³-hybridized carbons (Fsp3) is 0.615. The minimum Gasteiger partial charge on any atom is -0.478 e. The zero-order valence-corrected chi connectivity index (χ0v) is 11.8. The van der Waals surface area contributed by atoms with Crippen molar-refractivity contribution < 1.29 is 4.74 Å². The first kappa shape index (κ1) is 12.8. The minimum absolute atomic E-state index is 0.731. The normalized spacial score (nSPS) is 20.2. The highest BCUT2D eigenvalue weighted by atomic mass is 79.9. The topological polar surface area (TPSA) is 34.1 Å². The average Bonchev–Trinajstić information content (AvgIpc) is 2.35. The number of hydrogen-bond donors (Lipinski definition) is 1. The van der Waals surface area contributed by atoms with Gasteiger partial charge < -0.3 is 10.1 Å². The Morgan fingerprint density at radius 3 is 3.12 bits per heavy atom. The van der Waals surface area contributed by atoms with Crippen molar-refractivity contribution >= 4 is 15.9 Å². The average molecular weight is 299 g/mol. The van der Waals surface area contributed by atoms with Gasteiger partial charge in [0, 0.05) is 10.5 Å². The Kier molecular flexibility index (Phi) is 4.80. The predicted octanol–water partition coefficient (Wildman–Crippen LogP) is 2.92. The van der Waals surface area contributed by atoms with Gasteiger partial charge in [0.05, 0.1) is 12.3 Å². The molecule has 0 amide bonds. The number of nitrogens with zero attached hydrogens (tertiary/aromatic N) is 1. The molecule has 1 aromatic rings. The molecular formula is C13H19BrN2O. The lowest BCUT2D eigenvalue weighted by Crippen LogP contribution is -2.30. The highest BCUT2D eigenvalue weighted by Gasteiger charge is 2.12. The van der Waals surface area contributed by atoms with E-state index in [-0.39, 0.29) is 0 Å². The van der Waals surface area contributed by atoms with Crippen molar-refractivity contribution in [1.29, 1.82) is 0 Å². The van der Waals surface area contributed by atoms with Crippen molar-refractivity contribution in [3.8, 4) is 5.88 Å². The number of nitrogens with one attached hydrogen (secondary N) is 1. The molecule has 1 aromatic heterocycles. The Hall–Kier alpha value is -0.610. The number of hydrogen-bond acceptors (Lipinski definition) is 3.